The summed E-state index contributed by atoms with van der Waals surface area (Å²) >= 11 is 0. The molecule has 0 saturated carbocycles. The van der Waals surface area contributed by atoms with Gasteiger partial charge in [0.15, 0.2) is 0 Å². The Balaban J connectivity index is 1.92. The average Bonchev–Trinajstić information content (AvgIpc) is 2.82. The number of rotatable bonds is 13. The molecule has 0 saturated heterocycles. The molecule has 33 heavy (non-hydrogen) atoms. The van der Waals surface area contributed by atoms with Crippen LogP contribution < -0.4 is 0 Å². The summed E-state index contributed by atoms with van der Waals surface area (Å²) in [6.07, 6.45) is 3.55. The third-order valence-electron chi connectivity index (χ3n) is 5.18. The van der Waals surface area contributed by atoms with Gasteiger partial charge in [0.1, 0.15) is 0 Å². The predicted molar refractivity (Wildman–Crippen MR) is 126 cm³/mol. The molecule has 0 aromatic heterocycles. The highest BCUT2D eigenvalue weighted by molar-refractivity contribution is 5.89. The summed E-state index contributed by atoms with van der Waals surface area (Å²) < 4.78 is 0. The molecule has 0 N–H and O–H groups in total. The summed E-state index contributed by atoms with van der Waals surface area (Å²) in [4.78, 5) is 44.7. The van der Waals surface area contributed by atoms with Crippen LogP contribution in [0.15, 0.2) is 48.5 Å². The first kappa shape index (κ1) is 26.6. The number of hydrogen-bond acceptors (Lipinski definition) is 6. The largest absolute Gasteiger partial charge is 0.373 e. The van der Waals surface area contributed by atoms with E-state index in [9.17, 15) is 9.59 Å². The quantitative estimate of drug-likeness (QED) is 0.183. The Morgan fingerprint density at radius 3 is 1.45 bits per heavy atom. The van der Waals surface area contributed by atoms with Crippen molar-refractivity contribution < 1.29 is 29.1 Å². The SMILES string of the molecule is [CH2]CCCCC[C](OOC(=O)c1ccc(C(C)C)cc1)OOC(=O)c1ccc(C(C)C)cc1. The van der Waals surface area contributed by atoms with E-state index in [1.807, 2.05) is 24.3 Å². The Labute approximate surface area is 197 Å². The minimum atomic E-state index is -0.667. The van der Waals surface area contributed by atoms with Crippen molar-refractivity contribution in [1.29, 1.82) is 0 Å². The third kappa shape index (κ3) is 8.98. The van der Waals surface area contributed by atoms with E-state index >= 15 is 0 Å². The van der Waals surface area contributed by atoms with Crippen molar-refractivity contribution >= 4 is 11.9 Å². The standard InChI is InChI=1S/C27H34O6/c1-6-7-8-9-10-25(30-32-26(28)23-15-11-21(12-16-23)19(2)3)31-33-27(29)24-17-13-22(14-18-24)20(4)5/h11-20H,1,6-10H2,2-5H3. The molecule has 6 nitrogen and oxygen atoms in total. The molecule has 0 unspecified atom stereocenters. The van der Waals surface area contributed by atoms with E-state index in [1.54, 1.807) is 24.3 Å². The molecule has 0 aliphatic heterocycles. The van der Waals surface area contributed by atoms with Gasteiger partial charge in [-0.1, -0.05) is 78.1 Å². The van der Waals surface area contributed by atoms with Crippen LogP contribution in [0.4, 0.5) is 0 Å². The molecular weight excluding hydrogens is 420 g/mol. The molecule has 178 valence electrons. The lowest BCUT2D eigenvalue weighted by atomic mass is 10.0. The minimum absolute atomic E-state index is 0.0987. The molecule has 2 radical (unpaired) electrons. The van der Waals surface area contributed by atoms with Crippen molar-refractivity contribution in [3.8, 4) is 0 Å². The van der Waals surface area contributed by atoms with Crippen LogP contribution in [0.3, 0.4) is 0 Å². The molecule has 0 aliphatic rings. The third-order valence-corrected chi connectivity index (χ3v) is 5.18. The van der Waals surface area contributed by atoms with Crippen LogP contribution in [0.25, 0.3) is 0 Å². The molecule has 0 amide bonds. The van der Waals surface area contributed by atoms with Gasteiger partial charge in [0.2, 0.25) is 0 Å². The normalized spacial score (nSPS) is 11.3. The van der Waals surface area contributed by atoms with Crippen molar-refractivity contribution in [2.45, 2.75) is 71.6 Å². The fourth-order valence-corrected chi connectivity index (χ4v) is 2.99. The molecule has 2 aromatic rings. The van der Waals surface area contributed by atoms with Crippen molar-refractivity contribution in [3.63, 3.8) is 0 Å². The fourth-order valence-electron chi connectivity index (χ4n) is 2.99. The maximum atomic E-state index is 12.3. The molecule has 6 heteroatoms. The summed E-state index contributed by atoms with van der Waals surface area (Å²) in [5, 5.41) is 0. The lowest BCUT2D eigenvalue weighted by molar-refractivity contribution is -0.363. The maximum Gasteiger partial charge on any atom is 0.373 e. The van der Waals surface area contributed by atoms with Gasteiger partial charge in [-0.25, -0.2) is 9.59 Å². The van der Waals surface area contributed by atoms with Gasteiger partial charge in [0, 0.05) is 6.42 Å². The Hall–Kier alpha value is -2.70. The molecular formula is C27H34O6. The zero-order chi connectivity index (χ0) is 24.2. The number of unbranched alkanes of at least 4 members (excludes halogenated alkanes) is 3. The Bertz CT molecular complexity index is 788. The lowest BCUT2D eigenvalue weighted by Crippen LogP contribution is -2.16. The summed E-state index contributed by atoms with van der Waals surface area (Å²) in [5.41, 5.74) is 2.92. The monoisotopic (exact) mass is 454 g/mol. The van der Waals surface area contributed by atoms with Crippen LogP contribution in [0.1, 0.15) is 103 Å². The topological polar surface area (TPSA) is 71.1 Å². The van der Waals surface area contributed by atoms with Gasteiger partial charge >= 0.3 is 18.2 Å². The average molecular weight is 455 g/mol. The zero-order valence-electron chi connectivity index (χ0n) is 20.0. The van der Waals surface area contributed by atoms with Gasteiger partial charge in [-0.15, -0.1) is 9.78 Å². The molecule has 0 fully saturated rings. The predicted octanol–water partition coefficient (Wildman–Crippen LogP) is 7.08. The molecule has 0 bridgehead atoms. The Kier molecular flexibility index (Phi) is 11.1. The summed E-state index contributed by atoms with van der Waals surface area (Å²) in [6, 6.07) is 14.2. The van der Waals surface area contributed by atoms with Crippen molar-refractivity contribution in [1.82, 2.24) is 0 Å². The maximum absolute atomic E-state index is 12.3. The van der Waals surface area contributed by atoms with E-state index < -0.39 is 11.9 Å². The first-order chi connectivity index (χ1) is 15.8. The molecule has 2 aromatic carbocycles. The number of benzene rings is 2. The molecule has 0 heterocycles. The molecule has 2 rings (SSSR count). The lowest BCUT2D eigenvalue weighted by Gasteiger charge is -2.14. The Morgan fingerprint density at radius 2 is 1.09 bits per heavy atom. The first-order valence-electron chi connectivity index (χ1n) is 11.4. The van der Waals surface area contributed by atoms with Crippen LogP contribution >= 0.6 is 0 Å². The van der Waals surface area contributed by atoms with Crippen molar-refractivity contribution in [2.24, 2.45) is 0 Å². The van der Waals surface area contributed by atoms with Crippen LogP contribution in [0.2, 0.25) is 0 Å². The van der Waals surface area contributed by atoms with Crippen molar-refractivity contribution in [2.75, 3.05) is 0 Å². The minimum Gasteiger partial charge on any atom is -0.289 e. The van der Waals surface area contributed by atoms with E-state index in [4.69, 9.17) is 19.6 Å². The van der Waals surface area contributed by atoms with Crippen LogP contribution in [-0.4, -0.2) is 11.9 Å². The number of hydrogen-bond donors (Lipinski definition) is 0. The molecule has 0 atom stereocenters. The van der Waals surface area contributed by atoms with Crippen LogP contribution in [0.5, 0.6) is 0 Å². The number of carbonyl (C=O) groups is 2. The summed E-state index contributed by atoms with van der Waals surface area (Å²) in [7, 11) is 0. The van der Waals surface area contributed by atoms with Gasteiger partial charge < -0.3 is 0 Å². The summed E-state index contributed by atoms with van der Waals surface area (Å²) in [5.74, 6) is -0.622. The second-order valence-corrected chi connectivity index (χ2v) is 8.50. The zero-order valence-corrected chi connectivity index (χ0v) is 20.0. The highest BCUT2D eigenvalue weighted by Gasteiger charge is 2.21. The van der Waals surface area contributed by atoms with Gasteiger partial charge in [-0.3, -0.25) is 9.78 Å². The van der Waals surface area contributed by atoms with Gasteiger partial charge in [0.05, 0.1) is 11.1 Å². The highest BCUT2D eigenvalue weighted by atomic mass is 17.3. The fraction of sp³-hybridized carbons (Fsp3) is 0.407. The van der Waals surface area contributed by atoms with E-state index in [-0.39, 0.29) is 6.29 Å². The van der Waals surface area contributed by atoms with E-state index in [1.165, 1.54) is 0 Å². The smallest absolute Gasteiger partial charge is 0.289 e. The van der Waals surface area contributed by atoms with E-state index in [2.05, 4.69) is 34.6 Å². The van der Waals surface area contributed by atoms with E-state index in [0.29, 0.717) is 35.8 Å². The second kappa shape index (κ2) is 13.8. The molecule has 0 spiro atoms. The van der Waals surface area contributed by atoms with Crippen LogP contribution in [-0.2, 0) is 19.6 Å². The second-order valence-electron chi connectivity index (χ2n) is 8.50. The van der Waals surface area contributed by atoms with Gasteiger partial charge in [-0.2, -0.15) is 0 Å². The number of carbonyl (C=O) groups excluding carboxylic acids is 2. The van der Waals surface area contributed by atoms with E-state index in [0.717, 1.165) is 30.4 Å². The van der Waals surface area contributed by atoms with Crippen molar-refractivity contribution in [3.05, 3.63) is 84.0 Å². The Morgan fingerprint density at radius 1 is 0.667 bits per heavy atom. The first-order valence-corrected chi connectivity index (χ1v) is 11.4. The van der Waals surface area contributed by atoms with Gasteiger partial charge in [0.25, 0.3) is 0 Å². The van der Waals surface area contributed by atoms with Gasteiger partial charge in [-0.05, 0) is 53.6 Å². The summed E-state index contributed by atoms with van der Waals surface area (Å²) in [6.45, 7) is 12.1. The highest BCUT2D eigenvalue weighted by Crippen LogP contribution is 2.20. The van der Waals surface area contributed by atoms with Crippen LogP contribution in [0, 0.1) is 13.2 Å². The molecule has 0 aliphatic carbocycles.